The molecule has 8 nitrogen and oxygen atoms in total. The summed E-state index contributed by atoms with van der Waals surface area (Å²) in [4.78, 5) is 34.9. The number of rotatable bonds is 5. The highest BCUT2D eigenvalue weighted by molar-refractivity contribution is 9.10. The Morgan fingerprint density at radius 3 is 2.76 bits per heavy atom. The summed E-state index contributed by atoms with van der Waals surface area (Å²) >= 11 is 3.66. The highest BCUT2D eigenvalue weighted by Crippen LogP contribution is 2.39. The van der Waals surface area contributed by atoms with Crippen molar-refractivity contribution in [3.05, 3.63) is 52.8 Å². The minimum Gasteiger partial charge on any atom is -0.444 e. The summed E-state index contributed by atoms with van der Waals surface area (Å²) in [6, 6.07) is 9.60. The average molecular weight is 528 g/mol. The Hall–Kier alpha value is -3.07. The first kappa shape index (κ1) is 24.1. The number of carbonyl (C=O) groups is 2. The third-order valence-corrected chi connectivity index (χ3v) is 6.15. The fraction of sp³-hybridized carbons (Fsp3) is 0.400. The zero-order valence-electron chi connectivity index (χ0n) is 19.7. The predicted octanol–water partition coefficient (Wildman–Crippen LogP) is 5.00. The monoisotopic (exact) mass is 527 g/mol. The molecule has 1 aliphatic rings. The molecule has 0 spiro atoms. The van der Waals surface area contributed by atoms with Crippen LogP contribution in [0, 0.1) is 0 Å². The van der Waals surface area contributed by atoms with E-state index in [4.69, 9.17) is 4.74 Å². The number of aromatic amines is 1. The first-order chi connectivity index (χ1) is 16.2. The van der Waals surface area contributed by atoms with Crippen LogP contribution >= 0.6 is 15.9 Å². The Balaban J connectivity index is 1.55. The van der Waals surface area contributed by atoms with Crippen LogP contribution in [0.1, 0.15) is 39.2 Å². The van der Waals surface area contributed by atoms with Crippen LogP contribution < -0.4 is 15.5 Å². The molecule has 0 radical (unpaired) electrons. The molecule has 1 aromatic carbocycles. The number of H-pyrrole nitrogens is 1. The lowest BCUT2D eigenvalue weighted by molar-refractivity contribution is -0.115. The van der Waals surface area contributed by atoms with Gasteiger partial charge in [-0.1, -0.05) is 30.3 Å². The molecule has 1 unspecified atom stereocenters. The minimum absolute atomic E-state index is 0.0474. The SMILES string of the molecule is CC(C)(C)OC(=O)NC1CCCN(c2c(Br)cnc3[nH]cc(NC(=O)Cc4ccccc4)c23)C1. The molecular formula is C25H30BrN5O3. The molecule has 3 aromatic rings. The molecule has 3 heterocycles. The van der Waals surface area contributed by atoms with Crippen molar-refractivity contribution in [1.82, 2.24) is 15.3 Å². The molecule has 9 heteroatoms. The molecule has 4 rings (SSSR count). The van der Waals surface area contributed by atoms with Gasteiger partial charge >= 0.3 is 6.09 Å². The van der Waals surface area contributed by atoms with Gasteiger partial charge in [0.25, 0.3) is 0 Å². The van der Waals surface area contributed by atoms with Gasteiger partial charge in [0.1, 0.15) is 11.2 Å². The summed E-state index contributed by atoms with van der Waals surface area (Å²) in [6.07, 6.45) is 5.20. The van der Waals surface area contributed by atoms with E-state index < -0.39 is 11.7 Å². The van der Waals surface area contributed by atoms with Crippen molar-refractivity contribution < 1.29 is 14.3 Å². The number of nitrogens with one attached hydrogen (secondary N) is 3. The molecule has 34 heavy (non-hydrogen) atoms. The molecule has 1 atom stereocenters. The molecule has 3 N–H and O–H groups in total. The second kappa shape index (κ2) is 10.0. The summed E-state index contributed by atoms with van der Waals surface area (Å²) in [7, 11) is 0. The van der Waals surface area contributed by atoms with E-state index in [9.17, 15) is 9.59 Å². The Morgan fingerprint density at radius 1 is 1.26 bits per heavy atom. The van der Waals surface area contributed by atoms with E-state index in [0.717, 1.165) is 40.5 Å². The quantitative estimate of drug-likeness (QED) is 0.433. The predicted molar refractivity (Wildman–Crippen MR) is 137 cm³/mol. The molecule has 1 fully saturated rings. The zero-order valence-corrected chi connectivity index (χ0v) is 21.2. The average Bonchev–Trinajstić information content (AvgIpc) is 3.15. The Bertz CT molecular complexity index is 1170. The number of fused-ring (bicyclic) bond motifs is 1. The molecule has 180 valence electrons. The standard InChI is InChI=1S/C25H30BrN5O3/c1-25(2,3)34-24(33)29-17-10-7-11-31(15-17)22-18(26)13-27-23-21(22)19(14-28-23)30-20(32)12-16-8-5-4-6-9-16/h4-6,8-9,13-14,17H,7,10-12,15H2,1-3H3,(H,27,28)(H,29,33)(H,30,32). The third kappa shape index (κ3) is 5.88. The van der Waals surface area contributed by atoms with Crippen molar-refractivity contribution >= 4 is 50.3 Å². The number of alkyl carbamates (subject to hydrolysis) is 1. The van der Waals surface area contributed by atoms with E-state index in [1.165, 1.54) is 0 Å². The second-order valence-corrected chi connectivity index (χ2v) is 10.4. The summed E-state index contributed by atoms with van der Waals surface area (Å²) in [5.41, 5.74) is 2.72. The fourth-order valence-electron chi connectivity index (χ4n) is 4.21. The smallest absolute Gasteiger partial charge is 0.407 e. The van der Waals surface area contributed by atoms with Crippen LogP contribution in [0.3, 0.4) is 0 Å². The van der Waals surface area contributed by atoms with Crippen molar-refractivity contribution in [2.45, 2.75) is 51.7 Å². The molecule has 2 amide bonds. The number of pyridine rings is 1. The minimum atomic E-state index is -0.545. The van der Waals surface area contributed by atoms with Gasteiger partial charge in [-0.3, -0.25) is 4.79 Å². The van der Waals surface area contributed by atoms with Gasteiger partial charge in [0.15, 0.2) is 0 Å². The van der Waals surface area contributed by atoms with Gasteiger partial charge in [0, 0.05) is 31.5 Å². The van der Waals surface area contributed by atoms with E-state index in [0.29, 0.717) is 17.9 Å². The van der Waals surface area contributed by atoms with Crippen molar-refractivity contribution in [2.75, 3.05) is 23.3 Å². The number of piperidine rings is 1. The van der Waals surface area contributed by atoms with E-state index in [1.807, 2.05) is 51.1 Å². The number of hydrogen-bond acceptors (Lipinski definition) is 5. The number of amides is 2. The third-order valence-electron chi connectivity index (χ3n) is 5.57. The Morgan fingerprint density at radius 2 is 2.03 bits per heavy atom. The Labute approximate surface area is 207 Å². The summed E-state index contributed by atoms with van der Waals surface area (Å²) in [5, 5.41) is 6.88. The van der Waals surface area contributed by atoms with E-state index in [1.54, 1.807) is 12.4 Å². The lowest BCUT2D eigenvalue weighted by Crippen LogP contribution is -2.49. The highest BCUT2D eigenvalue weighted by atomic mass is 79.9. The lowest BCUT2D eigenvalue weighted by Gasteiger charge is -2.36. The van der Waals surface area contributed by atoms with E-state index in [-0.39, 0.29) is 18.4 Å². The van der Waals surface area contributed by atoms with Crippen LogP contribution in [0.5, 0.6) is 0 Å². The molecule has 0 saturated carbocycles. The first-order valence-corrected chi connectivity index (χ1v) is 12.2. The molecule has 0 bridgehead atoms. The number of aromatic nitrogens is 2. The van der Waals surface area contributed by atoms with Gasteiger partial charge in [-0.15, -0.1) is 0 Å². The Kier molecular flexibility index (Phi) is 7.11. The molecule has 1 saturated heterocycles. The normalized spacial score (nSPS) is 16.4. The van der Waals surface area contributed by atoms with Gasteiger partial charge in [0.05, 0.1) is 27.7 Å². The second-order valence-electron chi connectivity index (χ2n) is 9.52. The van der Waals surface area contributed by atoms with Gasteiger partial charge in [-0.25, -0.2) is 9.78 Å². The maximum atomic E-state index is 12.8. The van der Waals surface area contributed by atoms with Crippen molar-refractivity contribution in [2.24, 2.45) is 0 Å². The van der Waals surface area contributed by atoms with E-state index >= 15 is 0 Å². The van der Waals surface area contributed by atoms with Crippen molar-refractivity contribution in [3.63, 3.8) is 0 Å². The number of carbonyl (C=O) groups excluding carboxylic acids is 2. The van der Waals surface area contributed by atoms with Crippen LogP contribution in [0.4, 0.5) is 16.2 Å². The fourth-order valence-corrected chi connectivity index (χ4v) is 4.76. The maximum absolute atomic E-state index is 12.8. The highest BCUT2D eigenvalue weighted by Gasteiger charge is 2.27. The number of benzene rings is 1. The van der Waals surface area contributed by atoms with Gasteiger partial charge in [0.2, 0.25) is 5.91 Å². The van der Waals surface area contributed by atoms with Gasteiger partial charge < -0.3 is 25.3 Å². The van der Waals surface area contributed by atoms with Crippen LogP contribution in [0.2, 0.25) is 0 Å². The number of anilines is 2. The van der Waals surface area contributed by atoms with Crippen LogP contribution in [-0.4, -0.2) is 46.7 Å². The number of halogens is 1. The summed E-state index contributed by atoms with van der Waals surface area (Å²) < 4.78 is 6.26. The van der Waals surface area contributed by atoms with Crippen LogP contribution in [0.15, 0.2) is 47.2 Å². The number of nitrogens with zero attached hydrogens (tertiary/aromatic N) is 2. The van der Waals surface area contributed by atoms with Crippen molar-refractivity contribution in [3.8, 4) is 0 Å². The van der Waals surface area contributed by atoms with Crippen LogP contribution in [0.25, 0.3) is 11.0 Å². The maximum Gasteiger partial charge on any atom is 0.407 e. The summed E-state index contributed by atoms with van der Waals surface area (Å²) in [6.45, 7) is 7.00. The lowest BCUT2D eigenvalue weighted by atomic mass is 10.0. The molecule has 0 aliphatic carbocycles. The molecular weight excluding hydrogens is 498 g/mol. The molecule has 1 aliphatic heterocycles. The molecule has 2 aromatic heterocycles. The van der Waals surface area contributed by atoms with Gasteiger partial charge in [-0.05, 0) is 55.1 Å². The van der Waals surface area contributed by atoms with Crippen LogP contribution in [-0.2, 0) is 16.0 Å². The van der Waals surface area contributed by atoms with Crippen molar-refractivity contribution in [1.29, 1.82) is 0 Å². The zero-order chi connectivity index (χ0) is 24.3. The van der Waals surface area contributed by atoms with Gasteiger partial charge in [-0.2, -0.15) is 0 Å². The topological polar surface area (TPSA) is 99.3 Å². The number of ether oxygens (including phenoxy) is 1. The number of hydrogen-bond donors (Lipinski definition) is 3. The largest absolute Gasteiger partial charge is 0.444 e. The van der Waals surface area contributed by atoms with E-state index in [2.05, 4.69) is 41.4 Å². The first-order valence-electron chi connectivity index (χ1n) is 11.4. The summed E-state index contributed by atoms with van der Waals surface area (Å²) in [5.74, 6) is -0.0962.